The average molecular weight is 280 g/mol. The Bertz CT molecular complexity index is 612. The minimum Gasteiger partial charge on any atom is -0.478 e. The van der Waals surface area contributed by atoms with Gasteiger partial charge in [-0.15, -0.1) is 11.3 Å². The summed E-state index contributed by atoms with van der Waals surface area (Å²) in [6.45, 7) is 2.39. The van der Waals surface area contributed by atoms with Gasteiger partial charge in [0.25, 0.3) is 0 Å². The van der Waals surface area contributed by atoms with Crippen LogP contribution >= 0.6 is 11.3 Å². The van der Waals surface area contributed by atoms with Crippen molar-refractivity contribution >= 4 is 23.0 Å². The first-order valence-corrected chi connectivity index (χ1v) is 6.50. The normalized spacial score (nSPS) is 10.5. The Morgan fingerprint density at radius 2 is 2.26 bits per heavy atom. The molecule has 100 valence electrons. The smallest absolute Gasteiger partial charge is 0.340 e. The van der Waals surface area contributed by atoms with Crippen LogP contribution in [0.5, 0.6) is 0 Å². The molecule has 1 aromatic carbocycles. The number of thiazole rings is 1. The van der Waals surface area contributed by atoms with Crippen LogP contribution in [-0.4, -0.2) is 23.1 Å². The first-order chi connectivity index (χ1) is 9.00. The zero-order valence-corrected chi connectivity index (χ0v) is 11.4. The summed E-state index contributed by atoms with van der Waals surface area (Å²) in [5.74, 6) is -1.99. The highest BCUT2D eigenvalue weighted by Gasteiger charge is 2.19. The molecule has 0 spiro atoms. The van der Waals surface area contributed by atoms with E-state index in [9.17, 15) is 9.18 Å². The van der Waals surface area contributed by atoms with Crippen molar-refractivity contribution in [3.8, 4) is 0 Å². The number of benzene rings is 1. The van der Waals surface area contributed by atoms with Gasteiger partial charge in [-0.05, 0) is 19.1 Å². The number of aromatic nitrogens is 1. The van der Waals surface area contributed by atoms with Crippen LogP contribution in [0.3, 0.4) is 0 Å². The van der Waals surface area contributed by atoms with Crippen LogP contribution in [0.15, 0.2) is 23.7 Å². The maximum absolute atomic E-state index is 13.6. The highest BCUT2D eigenvalue weighted by atomic mass is 32.1. The lowest BCUT2D eigenvalue weighted by molar-refractivity contribution is 0.0692. The molecule has 0 radical (unpaired) electrons. The first kappa shape index (κ1) is 13.5. The third kappa shape index (κ3) is 2.73. The molecule has 1 aromatic heterocycles. The summed E-state index contributed by atoms with van der Waals surface area (Å²) < 4.78 is 13.6. The molecule has 19 heavy (non-hydrogen) atoms. The molecule has 0 aliphatic carbocycles. The van der Waals surface area contributed by atoms with E-state index in [0.29, 0.717) is 12.2 Å². The molecule has 0 aliphatic heterocycles. The summed E-state index contributed by atoms with van der Waals surface area (Å²) in [4.78, 5) is 18.0. The molecule has 2 aromatic rings. The number of nitrogens with zero attached hydrogens (tertiary/aromatic N) is 2. The summed E-state index contributed by atoms with van der Waals surface area (Å²) in [6.07, 6.45) is 0. The van der Waals surface area contributed by atoms with Crippen LogP contribution in [0.25, 0.3) is 0 Å². The molecule has 4 nitrogen and oxygen atoms in total. The summed E-state index contributed by atoms with van der Waals surface area (Å²) in [6, 6.07) is 4.26. The van der Waals surface area contributed by atoms with Crippen molar-refractivity contribution in [3.05, 3.63) is 45.7 Å². The van der Waals surface area contributed by atoms with E-state index in [0.717, 1.165) is 16.6 Å². The van der Waals surface area contributed by atoms with E-state index in [-0.39, 0.29) is 5.56 Å². The molecule has 0 aliphatic rings. The summed E-state index contributed by atoms with van der Waals surface area (Å²) in [7, 11) is 1.74. The molecule has 0 bridgehead atoms. The maximum atomic E-state index is 13.6. The van der Waals surface area contributed by atoms with E-state index < -0.39 is 11.8 Å². The first-order valence-electron chi connectivity index (χ1n) is 5.62. The van der Waals surface area contributed by atoms with E-state index in [1.807, 2.05) is 6.92 Å². The van der Waals surface area contributed by atoms with Gasteiger partial charge >= 0.3 is 5.97 Å². The fraction of sp³-hybridized carbons (Fsp3) is 0.231. The lowest BCUT2D eigenvalue weighted by Crippen LogP contribution is -2.20. The van der Waals surface area contributed by atoms with E-state index in [1.54, 1.807) is 23.5 Å². The summed E-state index contributed by atoms with van der Waals surface area (Å²) >= 11 is 1.50. The largest absolute Gasteiger partial charge is 0.478 e. The quantitative estimate of drug-likeness (QED) is 0.935. The number of hydrogen-bond acceptors (Lipinski definition) is 4. The molecule has 0 saturated carbocycles. The zero-order valence-electron chi connectivity index (χ0n) is 10.6. The predicted molar refractivity (Wildman–Crippen MR) is 72.3 cm³/mol. The van der Waals surface area contributed by atoms with Crippen molar-refractivity contribution in [2.75, 3.05) is 11.9 Å². The van der Waals surface area contributed by atoms with Crippen LogP contribution in [0.4, 0.5) is 10.1 Å². The zero-order chi connectivity index (χ0) is 14.0. The van der Waals surface area contributed by atoms with Crippen molar-refractivity contribution in [3.63, 3.8) is 0 Å². The van der Waals surface area contributed by atoms with E-state index >= 15 is 0 Å². The number of carboxylic acids is 1. The Labute approximate surface area is 114 Å². The van der Waals surface area contributed by atoms with Gasteiger partial charge in [0.15, 0.2) is 0 Å². The van der Waals surface area contributed by atoms with Crippen LogP contribution in [0.1, 0.15) is 20.9 Å². The van der Waals surface area contributed by atoms with Gasteiger partial charge in [-0.2, -0.15) is 0 Å². The molecular weight excluding hydrogens is 267 g/mol. The van der Waals surface area contributed by atoms with Gasteiger partial charge in [0.05, 0.1) is 23.4 Å². The Morgan fingerprint density at radius 1 is 1.53 bits per heavy atom. The second-order valence-corrected chi connectivity index (χ2v) is 5.10. The molecule has 1 heterocycles. The average Bonchev–Trinajstić information content (AvgIpc) is 2.74. The highest BCUT2D eigenvalue weighted by molar-refractivity contribution is 7.09. The monoisotopic (exact) mass is 280 g/mol. The second kappa shape index (κ2) is 5.36. The van der Waals surface area contributed by atoms with E-state index in [4.69, 9.17) is 5.11 Å². The third-order valence-corrected chi connectivity index (χ3v) is 3.76. The van der Waals surface area contributed by atoms with Gasteiger partial charge < -0.3 is 10.0 Å². The molecule has 0 unspecified atom stereocenters. The Kier molecular flexibility index (Phi) is 3.80. The van der Waals surface area contributed by atoms with Gasteiger partial charge in [0.1, 0.15) is 11.4 Å². The van der Waals surface area contributed by atoms with Gasteiger partial charge in [0, 0.05) is 11.9 Å². The minimum atomic E-state index is -1.26. The molecule has 2 rings (SSSR count). The molecule has 0 atom stereocenters. The number of halogens is 1. The highest BCUT2D eigenvalue weighted by Crippen LogP contribution is 2.25. The SMILES string of the molecule is Cc1ncsc1CN(C)c1cccc(F)c1C(=O)O. The fourth-order valence-electron chi connectivity index (χ4n) is 1.82. The molecule has 6 heteroatoms. The Balaban J connectivity index is 2.34. The van der Waals surface area contributed by atoms with Crippen LogP contribution in [-0.2, 0) is 6.54 Å². The fourth-order valence-corrected chi connectivity index (χ4v) is 2.65. The standard InChI is InChI=1S/C13H13FN2O2S/c1-8-11(19-7-15-8)6-16(2)10-5-3-4-9(14)12(10)13(17)18/h3-5,7H,6H2,1-2H3,(H,17,18). The van der Waals surface area contributed by atoms with Gasteiger partial charge in [-0.1, -0.05) is 6.07 Å². The minimum absolute atomic E-state index is 0.299. The Morgan fingerprint density at radius 3 is 2.84 bits per heavy atom. The third-order valence-electron chi connectivity index (χ3n) is 2.84. The number of rotatable bonds is 4. The summed E-state index contributed by atoms with van der Waals surface area (Å²) in [5, 5.41) is 9.10. The van der Waals surface area contributed by atoms with Crippen molar-refractivity contribution in [1.82, 2.24) is 4.98 Å². The number of carbonyl (C=O) groups is 1. The predicted octanol–water partition coefficient (Wildman–Crippen LogP) is 2.93. The van der Waals surface area contributed by atoms with Gasteiger partial charge in [0.2, 0.25) is 0 Å². The molecular formula is C13H13FN2O2S. The lowest BCUT2D eigenvalue weighted by atomic mass is 10.1. The van der Waals surface area contributed by atoms with Crippen molar-refractivity contribution in [2.45, 2.75) is 13.5 Å². The van der Waals surface area contributed by atoms with Crippen LogP contribution in [0.2, 0.25) is 0 Å². The van der Waals surface area contributed by atoms with Crippen molar-refractivity contribution < 1.29 is 14.3 Å². The molecule has 0 saturated heterocycles. The molecule has 0 amide bonds. The Hall–Kier alpha value is -1.95. The number of anilines is 1. The summed E-state index contributed by atoms with van der Waals surface area (Å²) in [5.41, 5.74) is 2.71. The van der Waals surface area contributed by atoms with E-state index in [1.165, 1.54) is 17.4 Å². The molecule has 1 N–H and O–H groups in total. The maximum Gasteiger partial charge on any atom is 0.340 e. The van der Waals surface area contributed by atoms with Crippen LogP contribution in [0, 0.1) is 12.7 Å². The van der Waals surface area contributed by atoms with Crippen molar-refractivity contribution in [2.24, 2.45) is 0 Å². The number of aromatic carboxylic acids is 1. The number of hydrogen-bond donors (Lipinski definition) is 1. The van der Waals surface area contributed by atoms with Gasteiger partial charge in [-0.25, -0.2) is 14.2 Å². The topological polar surface area (TPSA) is 53.4 Å². The number of aryl methyl sites for hydroxylation is 1. The second-order valence-electron chi connectivity index (χ2n) is 4.16. The number of carboxylic acid groups (broad SMARTS) is 1. The van der Waals surface area contributed by atoms with Crippen molar-refractivity contribution in [1.29, 1.82) is 0 Å². The van der Waals surface area contributed by atoms with Crippen LogP contribution < -0.4 is 4.90 Å². The van der Waals surface area contributed by atoms with Gasteiger partial charge in [-0.3, -0.25) is 0 Å². The molecule has 0 fully saturated rings. The lowest BCUT2D eigenvalue weighted by Gasteiger charge is -2.21. The van der Waals surface area contributed by atoms with E-state index in [2.05, 4.69) is 4.98 Å².